The van der Waals surface area contributed by atoms with Crippen molar-refractivity contribution in [2.75, 3.05) is 11.4 Å². The number of carbonyl (C=O) groups is 2. The highest BCUT2D eigenvalue weighted by Gasteiger charge is 2.33. The number of thiocarbonyl (C=S) groups is 1. The molecule has 1 aliphatic heterocycles. The number of benzene rings is 5. The molecule has 0 aliphatic carbocycles. The maximum atomic E-state index is 12.7. The van der Waals surface area contributed by atoms with E-state index in [1.54, 1.807) is 6.08 Å². The maximum absolute atomic E-state index is 12.7. The molecule has 1 aliphatic rings. The number of aliphatic carboxylic acids is 1. The Morgan fingerprint density at radius 1 is 0.689 bits per heavy atom. The van der Waals surface area contributed by atoms with E-state index in [4.69, 9.17) is 17.3 Å². The van der Waals surface area contributed by atoms with Crippen LogP contribution in [0.25, 0.3) is 17.7 Å². The van der Waals surface area contributed by atoms with Gasteiger partial charge in [0.1, 0.15) is 10.9 Å². The van der Waals surface area contributed by atoms with Crippen LogP contribution in [-0.4, -0.2) is 32.7 Å². The molecule has 0 saturated carbocycles. The van der Waals surface area contributed by atoms with Gasteiger partial charge < -0.3 is 10.0 Å². The van der Waals surface area contributed by atoms with Crippen molar-refractivity contribution in [3.8, 4) is 0 Å². The first kappa shape index (κ1) is 29.8. The Morgan fingerprint density at radius 3 is 1.67 bits per heavy atom. The second kappa shape index (κ2) is 13.6. The molecular formula is C38H28N2O3S2. The summed E-state index contributed by atoms with van der Waals surface area (Å²) in [5, 5.41) is 9.11. The SMILES string of the molecule is O=C(O)CN1C(=O)/C(=C\c2ccc(N(c3ccccc3)c3ccc(C=C(c4ccccc4)c4ccccc4)cc3)cc2)SC1=S. The zero-order valence-corrected chi connectivity index (χ0v) is 25.7. The molecule has 1 heterocycles. The van der Waals surface area contributed by atoms with Crippen molar-refractivity contribution >= 4 is 75.0 Å². The third-order valence-electron chi connectivity index (χ3n) is 7.26. The largest absolute Gasteiger partial charge is 0.480 e. The zero-order chi connectivity index (χ0) is 31.2. The summed E-state index contributed by atoms with van der Waals surface area (Å²) in [4.78, 5) is 27.6. The lowest BCUT2D eigenvalue weighted by atomic mass is 9.95. The zero-order valence-electron chi connectivity index (χ0n) is 24.1. The number of thioether (sulfide) groups is 1. The van der Waals surface area contributed by atoms with Crippen LogP contribution < -0.4 is 4.90 Å². The Labute approximate surface area is 271 Å². The molecule has 5 aromatic rings. The molecule has 7 heteroatoms. The summed E-state index contributed by atoms with van der Waals surface area (Å²) in [5.74, 6) is -1.49. The first-order valence-electron chi connectivity index (χ1n) is 14.3. The molecule has 5 nitrogen and oxygen atoms in total. The van der Waals surface area contributed by atoms with Gasteiger partial charge in [0.2, 0.25) is 0 Å². The molecule has 0 aromatic heterocycles. The van der Waals surface area contributed by atoms with Gasteiger partial charge in [0, 0.05) is 17.1 Å². The van der Waals surface area contributed by atoms with Crippen molar-refractivity contribution in [3.63, 3.8) is 0 Å². The number of carboxylic acid groups (broad SMARTS) is 1. The summed E-state index contributed by atoms with van der Waals surface area (Å²) in [5.41, 5.74) is 8.33. The van der Waals surface area contributed by atoms with Crippen LogP contribution in [0.2, 0.25) is 0 Å². The van der Waals surface area contributed by atoms with Gasteiger partial charge in [0.05, 0.1) is 4.91 Å². The van der Waals surface area contributed by atoms with Crippen LogP contribution in [0.1, 0.15) is 22.3 Å². The molecule has 1 N–H and O–H groups in total. The Balaban J connectivity index is 1.30. The van der Waals surface area contributed by atoms with E-state index in [-0.39, 0.29) is 10.2 Å². The molecule has 220 valence electrons. The quantitative estimate of drug-likeness (QED) is 0.100. The highest BCUT2D eigenvalue weighted by Crippen LogP contribution is 2.37. The average molecular weight is 625 g/mol. The van der Waals surface area contributed by atoms with Crippen LogP contribution in [0.3, 0.4) is 0 Å². The second-order valence-electron chi connectivity index (χ2n) is 10.3. The number of amides is 1. The topological polar surface area (TPSA) is 60.9 Å². The summed E-state index contributed by atoms with van der Waals surface area (Å²) < 4.78 is 0.249. The number of para-hydroxylation sites is 1. The van der Waals surface area contributed by atoms with Crippen molar-refractivity contribution in [2.45, 2.75) is 0 Å². The number of rotatable bonds is 9. The highest BCUT2D eigenvalue weighted by molar-refractivity contribution is 8.26. The van der Waals surface area contributed by atoms with Crippen LogP contribution in [-0.2, 0) is 9.59 Å². The molecule has 0 unspecified atom stereocenters. The molecule has 6 rings (SSSR count). The van der Waals surface area contributed by atoms with E-state index in [2.05, 4.69) is 95.9 Å². The van der Waals surface area contributed by atoms with Crippen molar-refractivity contribution in [1.29, 1.82) is 0 Å². The van der Waals surface area contributed by atoms with E-state index in [1.807, 2.05) is 54.6 Å². The van der Waals surface area contributed by atoms with Crippen LogP contribution in [0.4, 0.5) is 17.1 Å². The predicted molar refractivity (Wildman–Crippen MR) is 188 cm³/mol. The van der Waals surface area contributed by atoms with Crippen molar-refractivity contribution < 1.29 is 14.7 Å². The van der Waals surface area contributed by atoms with Gasteiger partial charge in [-0.2, -0.15) is 0 Å². The number of anilines is 3. The summed E-state index contributed by atoms with van der Waals surface area (Å²) in [6.07, 6.45) is 3.96. The number of carboxylic acids is 1. The molecule has 1 fully saturated rings. The average Bonchev–Trinajstić information content (AvgIpc) is 3.33. The lowest BCUT2D eigenvalue weighted by Crippen LogP contribution is -2.33. The smallest absolute Gasteiger partial charge is 0.323 e. The minimum atomic E-state index is -1.10. The minimum absolute atomic E-state index is 0.249. The summed E-state index contributed by atoms with van der Waals surface area (Å²) in [6.45, 7) is -0.443. The molecule has 45 heavy (non-hydrogen) atoms. The molecule has 0 radical (unpaired) electrons. The van der Waals surface area contributed by atoms with Gasteiger partial charge in [-0.25, -0.2) is 0 Å². The third kappa shape index (κ3) is 6.96. The summed E-state index contributed by atoms with van der Waals surface area (Å²) >= 11 is 6.34. The first-order valence-corrected chi connectivity index (χ1v) is 15.5. The third-order valence-corrected chi connectivity index (χ3v) is 8.64. The lowest BCUT2D eigenvalue weighted by Gasteiger charge is -2.25. The number of hydrogen-bond donors (Lipinski definition) is 1. The van der Waals surface area contributed by atoms with Crippen molar-refractivity contribution in [3.05, 3.63) is 167 Å². The molecule has 0 bridgehead atoms. The summed E-state index contributed by atoms with van der Waals surface area (Å²) in [7, 11) is 0. The van der Waals surface area contributed by atoms with E-state index in [0.29, 0.717) is 4.91 Å². The van der Waals surface area contributed by atoms with E-state index in [0.717, 1.165) is 61.6 Å². The number of hydrogen-bond acceptors (Lipinski definition) is 5. The predicted octanol–water partition coefficient (Wildman–Crippen LogP) is 9.03. The Hall–Kier alpha value is -5.24. The van der Waals surface area contributed by atoms with Gasteiger partial charge in [-0.3, -0.25) is 14.5 Å². The fourth-order valence-corrected chi connectivity index (χ4v) is 6.38. The van der Waals surface area contributed by atoms with Crippen LogP contribution >= 0.6 is 24.0 Å². The fraction of sp³-hybridized carbons (Fsp3) is 0.0263. The van der Waals surface area contributed by atoms with E-state index < -0.39 is 12.5 Å². The van der Waals surface area contributed by atoms with Crippen molar-refractivity contribution in [1.82, 2.24) is 4.90 Å². The maximum Gasteiger partial charge on any atom is 0.323 e. The fourth-order valence-electron chi connectivity index (χ4n) is 5.12. The van der Waals surface area contributed by atoms with Gasteiger partial charge in [-0.15, -0.1) is 0 Å². The Kier molecular flexibility index (Phi) is 9.01. The van der Waals surface area contributed by atoms with Crippen LogP contribution in [0.5, 0.6) is 0 Å². The molecule has 1 saturated heterocycles. The van der Waals surface area contributed by atoms with E-state index in [1.165, 1.54) is 0 Å². The second-order valence-corrected chi connectivity index (χ2v) is 12.0. The first-order chi connectivity index (χ1) is 22.0. The van der Waals surface area contributed by atoms with E-state index in [9.17, 15) is 9.59 Å². The van der Waals surface area contributed by atoms with Crippen LogP contribution in [0, 0.1) is 0 Å². The van der Waals surface area contributed by atoms with Crippen molar-refractivity contribution in [2.24, 2.45) is 0 Å². The normalized spacial score (nSPS) is 13.6. The van der Waals surface area contributed by atoms with Gasteiger partial charge >= 0.3 is 5.97 Å². The van der Waals surface area contributed by atoms with Gasteiger partial charge in [0.25, 0.3) is 5.91 Å². The monoisotopic (exact) mass is 624 g/mol. The van der Waals surface area contributed by atoms with Gasteiger partial charge in [0.15, 0.2) is 0 Å². The number of nitrogens with zero attached hydrogens (tertiary/aromatic N) is 2. The minimum Gasteiger partial charge on any atom is -0.480 e. The van der Waals surface area contributed by atoms with E-state index >= 15 is 0 Å². The van der Waals surface area contributed by atoms with Gasteiger partial charge in [-0.1, -0.05) is 127 Å². The molecule has 0 atom stereocenters. The summed E-state index contributed by atoms with van der Waals surface area (Å²) in [6, 6.07) is 47.4. The standard InChI is InChI=1S/C38H28N2O3S2/c41-36(42)26-39-37(43)35(45-38(39)44)25-28-18-22-33(23-19-28)40(31-14-8-3-9-15-31)32-20-16-27(17-21-32)24-34(29-10-4-1-5-11-29)30-12-6-2-7-13-30/h1-25H,26H2,(H,41,42)/b35-25+. The Bertz CT molecular complexity index is 1850. The molecule has 5 aromatic carbocycles. The Morgan fingerprint density at radius 2 is 1.16 bits per heavy atom. The highest BCUT2D eigenvalue weighted by atomic mass is 32.2. The van der Waals surface area contributed by atoms with Crippen LogP contribution in [0.15, 0.2) is 144 Å². The lowest BCUT2D eigenvalue weighted by molar-refractivity contribution is -0.140. The number of carbonyl (C=O) groups excluding carboxylic acids is 1. The molecule has 1 amide bonds. The molecule has 0 spiro atoms. The van der Waals surface area contributed by atoms with Gasteiger partial charge in [-0.05, 0) is 76.4 Å². The molecular weight excluding hydrogens is 597 g/mol.